The molecule has 1 aromatic rings. The number of hydrogen-bond acceptors (Lipinski definition) is 5. The minimum absolute atomic E-state index is 0.254. The van der Waals surface area contributed by atoms with Gasteiger partial charge in [0.2, 0.25) is 0 Å². The molecule has 0 saturated carbocycles. The monoisotopic (exact) mass is 253 g/mol. The van der Waals surface area contributed by atoms with Crippen molar-refractivity contribution in [1.82, 2.24) is 15.0 Å². The van der Waals surface area contributed by atoms with Crippen LogP contribution in [-0.4, -0.2) is 58.4 Å². The fraction of sp³-hybridized carbons (Fsp3) is 0.769. The molecule has 5 heteroatoms. The second kappa shape index (κ2) is 5.82. The van der Waals surface area contributed by atoms with Crippen LogP contribution < -0.4 is 0 Å². The van der Waals surface area contributed by atoms with Crippen LogP contribution in [-0.2, 0) is 6.54 Å². The van der Waals surface area contributed by atoms with E-state index in [1.54, 1.807) is 0 Å². The van der Waals surface area contributed by atoms with Gasteiger partial charge >= 0.3 is 0 Å². The summed E-state index contributed by atoms with van der Waals surface area (Å²) in [5.41, 5.74) is 0.936. The van der Waals surface area contributed by atoms with E-state index in [0.29, 0.717) is 6.04 Å². The van der Waals surface area contributed by atoms with Crippen molar-refractivity contribution in [1.29, 1.82) is 0 Å². The first-order chi connectivity index (χ1) is 8.54. The van der Waals surface area contributed by atoms with Crippen LogP contribution in [0.2, 0.25) is 0 Å². The Hall–Kier alpha value is -0.910. The molecule has 1 fully saturated rings. The Kier molecular flexibility index (Phi) is 4.37. The predicted octanol–water partition coefficient (Wildman–Crippen LogP) is 0.870. The van der Waals surface area contributed by atoms with Gasteiger partial charge in [-0.15, -0.1) is 0 Å². The molecule has 5 nitrogen and oxygen atoms in total. The molecule has 1 N–H and O–H groups in total. The Balaban J connectivity index is 1.84. The first kappa shape index (κ1) is 13.5. The molecular formula is C13H23N3O2. The maximum Gasteiger partial charge on any atom is 0.150 e. The van der Waals surface area contributed by atoms with Crippen LogP contribution in [0.25, 0.3) is 0 Å². The minimum atomic E-state index is -0.254. The summed E-state index contributed by atoms with van der Waals surface area (Å²) in [4.78, 5) is 4.72. The van der Waals surface area contributed by atoms with Crippen molar-refractivity contribution in [2.75, 3.05) is 26.2 Å². The number of β-amino-alcohol motifs (C(OH)–C–C–N with tert-alkyl or cyclic N) is 1. The van der Waals surface area contributed by atoms with Crippen LogP contribution in [0.15, 0.2) is 10.6 Å². The van der Waals surface area contributed by atoms with Crippen LogP contribution in [0.4, 0.5) is 0 Å². The van der Waals surface area contributed by atoms with Crippen molar-refractivity contribution in [3.05, 3.63) is 17.5 Å². The molecule has 2 heterocycles. The van der Waals surface area contributed by atoms with Crippen molar-refractivity contribution in [2.24, 2.45) is 0 Å². The Morgan fingerprint density at radius 1 is 1.56 bits per heavy atom. The molecule has 0 aromatic carbocycles. The van der Waals surface area contributed by atoms with E-state index in [9.17, 15) is 5.11 Å². The number of piperazine rings is 1. The molecule has 0 bridgehead atoms. The fourth-order valence-corrected chi connectivity index (χ4v) is 2.54. The van der Waals surface area contributed by atoms with Crippen LogP contribution >= 0.6 is 0 Å². The van der Waals surface area contributed by atoms with Gasteiger partial charge in [-0.1, -0.05) is 5.16 Å². The third kappa shape index (κ3) is 3.54. The number of hydrogen-bond donors (Lipinski definition) is 1. The second-order valence-corrected chi connectivity index (χ2v) is 5.36. The van der Waals surface area contributed by atoms with Crippen LogP contribution in [0.3, 0.4) is 0 Å². The molecule has 0 aliphatic carbocycles. The predicted molar refractivity (Wildman–Crippen MR) is 69.2 cm³/mol. The number of aryl methyl sites for hydroxylation is 1. The maximum atomic E-state index is 9.45. The highest BCUT2D eigenvalue weighted by molar-refractivity contribution is 5.03. The van der Waals surface area contributed by atoms with Crippen molar-refractivity contribution in [3.8, 4) is 0 Å². The zero-order valence-electron chi connectivity index (χ0n) is 11.5. The van der Waals surface area contributed by atoms with Gasteiger partial charge in [0, 0.05) is 38.3 Å². The lowest BCUT2D eigenvalue weighted by molar-refractivity contribution is 0.0392. The average Bonchev–Trinajstić information content (AvgIpc) is 2.68. The maximum absolute atomic E-state index is 9.45. The molecule has 18 heavy (non-hydrogen) atoms. The minimum Gasteiger partial charge on any atom is -0.392 e. The highest BCUT2D eigenvalue weighted by Crippen LogP contribution is 2.14. The molecule has 1 aromatic heterocycles. The smallest absolute Gasteiger partial charge is 0.150 e. The molecule has 1 aliphatic heterocycles. The molecule has 0 amide bonds. The Morgan fingerprint density at radius 3 is 2.89 bits per heavy atom. The lowest BCUT2D eigenvalue weighted by atomic mass is 10.1. The average molecular weight is 253 g/mol. The van der Waals surface area contributed by atoms with Gasteiger partial charge in [-0.2, -0.15) is 0 Å². The van der Waals surface area contributed by atoms with Gasteiger partial charge in [-0.05, 0) is 20.8 Å². The molecule has 0 spiro atoms. The summed E-state index contributed by atoms with van der Waals surface area (Å²) in [6.45, 7) is 10.6. The van der Waals surface area contributed by atoms with E-state index >= 15 is 0 Å². The molecule has 102 valence electrons. The van der Waals surface area contributed by atoms with Crippen LogP contribution in [0.5, 0.6) is 0 Å². The Bertz CT molecular complexity index is 378. The number of aromatic nitrogens is 1. The third-order valence-electron chi connectivity index (χ3n) is 3.40. The van der Waals surface area contributed by atoms with Gasteiger partial charge in [-0.25, -0.2) is 0 Å². The Morgan fingerprint density at radius 2 is 2.33 bits per heavy atom. The lowest BCUT2D eigenvalue weighted by Crippen LogP contribution is -2.53. The molecule has 1 saturated heterocycles. The van der Waals surface area contributed by atoms with E-state index < -0.39 is 0 Å². The summed E-state index contributed by atoms with van der Waals surface area (Å²) < 4.78 is 5.25. The van der Waals surface area contributed by atoms with E-state index in [1.165, 1.54) is 0 Å². The Labute approximate surface area is 108 Å². The molecule has 2 rings (SSSR count). The second-order valence-electron chi connectivity index (χ2n) is 5.36. The lowest BCUT2D eigenvalue weighted by Gasteiger charge is -2.40. The van der Waals surface area contributed by atoms with Crippen molar-refractivity contribution < 1.29 is 9.63 Å². The van der Waals surface area contributed by atoms with E-state index in [2.05, 4.69) is 21.9 Å². The van der Waals surface area contributed by atoms with Gasteiger partial charge in [0.15, 0.2) is 5.76 Å². The summed E-state index contributed by atoms with van der Waals surface area (Å²) in [6.07, 6.45) is -0.254. The van der Waals surface area contributed by atoms with E-state index in [-0.39, 0.29) is 6.10 Å². The fourth-order valence-electron chi connectivity index (χ4n) is 2.54. The molecule has 0 unspecified atom stereocenters. The zero-order chi connectivity index (χ0) is 13.1. The number of nitrogens with zero attached hydrogens (tertiary/aromatic N) is 3. The quantitative estimate of drug-likeness (QED) is 0.863. The normalized spacial score (nSPS) is 24.3. The topological polar surface area (TPSA) is 52.7 Å². The summed E-state index contributed by atoms with van der Waals surface area (Å²) in [6, 6.07) is 2.46. The standard InChI is InChI=1S/C13H23N3O2/c1-10-6-13(18-14-10)9-15-4-5-16(8-12(3)17)11(2)7-15/h6,11-12,17H,4-5,7-9H2,1-3H3/t11-,12-/m1/s1. The molecule has 2 atom stereocenters. The molecule has 1 aliphatic rings. The summed E-state index contributed by atoms with van der Waals surface area (Å²) in [5, 5.41) is 13.4. The largest absolute Gasteiger partial charge is 0.392 e. The van der Waals surface area contributed by atoms with Crippen LogP contribution in [0, 0.1) is 6.92 Å². The third-order valence-corrected chi connectivity index (χ3v) is 3.40. The zero-order valence-corrected chi connectivity index (χ0v) is 11.5. The van der Waals surface area contributed by atoms with Gasteiger partial charge in [0.1, 0.15) is 0 Å². The summed E-state index contributed by atoms with van der Waals surface area (Å²) in [7, 11) is 0. The number of aliphatic hydroxyl groups is 1. The van der Waals surface area contributed by atoms with Gasteiger partial charge < -0.3 is 9.63 Å². The van der Waals surface area contributed by atoms with Gasteiger partial charge in [0.05, 0.1) is 18.3 Å². The first-order valence-corrected chi connectivity index (χ1v) is 6.61. The summed E-state index contributed by atoms with van der Waals surface area (Å²) in [5.74, 6) is 0.934. The van der Waals surface area contributed by atoms with E-state index in [0.717, 1.165) is 44.2 Å². The molecule has 0 radical (unpaired) electrons. The van der Waals surface area contributed by atoms with Gasteiger partial charge in [0.25, 0.3) is 0 Å². The number of aliphatic hydroxyl groups excluding tert-OH is 1. The first-order valence-electron chi connectivity index (χ1n) is 6.61. The van der Waals surface area contributed by atoms with E-state index in [4.69, 9.17) is 4.52 Å². The van der Waals surface area contributed by atoms with Crippen LogP contribution in [0.1, 0.15) is 25.3 Å². The molecular weight excluding hydrogens is 230 g/mol. The van der Waals surface area contributed by atoms with Crippen molar-refractivity contribution in [2.45, 2.75) is 39.5 Å². The highest BCUT2D eigenvalue weighted by Gasteiger charge is 2.24. The van der Waals surface area contributed by atoms with E-state index in [1.807, 2.05) is 19.9 Å². The summed E-state index contributed by atoms with van der Waals surface area (Å²) >= 11 is 0. The van der Waals surface area contributed by atoms with Crippen molar-refractivity contribution >= 4 is 0 Å². The van der Waals surface area contributed by atoms with Gasteiger partial charge in [-0.3, -0.25) is 9.80 Å². The number of rotatable bonds is 4. The SMILES string of the molecule is Cc1cc(CN2CCN(C[C@@H](C)O)[C@H](C)C2)on1. The van der Waals surface area contributed by atoms with Crippen molar-refractivity contribution in [3.63, 3.8) is 0 Å². The highest BCUT2D eigenvalue weighted by atomic mass is 16.5.